The van der Waals surface area contributed by atoms with Gasteiger partial charge in [0.2, 0.25) is 11.0 Å². The molecule has 1 aliphatic heterocycles. The lowest BCUT2D eigenvalue weighted by atomic mass is 10.2. The quantitative estimate of drug-likeness (QED) is 0.464. The fourth-order valence-corrected chi connectivity index (χ4v) is 2.88. The van der Waals surface area contributed by atoms with Crippen molar-refractivity contribution in [2.45, 2.75) is 0 Å². The Balaban J connectivity index is 1.56. The molecule has 27 heavy (non-hydrogen) atoms. The summed E-state index contributed by atoms with van der Waals surface area (Å²) in [5.41, 5.74) is 1.70. The van der Waals surface area contributed by atoms with Gasteiger partial charge in [-0.15, -0.1) is 10.2 Å². The van der Waals surface area contributed by atoms with Gasteiger partial charge in [0.1, 0.15) is 19.0 Å². The number of nitrogens with one attached hydrogen (secondary N) is 2. The number of aromatic nitrogens is 1. The lowest BCUT2D eigenvalue weighted by Gasteiger charge is -2.18. The first-order valence-corrected chi connectivity index (χ1v) is 8.56. The molecule has 0 saturated carbocycles. The Morgan fingerprint density at radius 2 is 1.89 bits per heavy atom. The molecule has 4 rings (SSSR count). The second kappa shape index (κ2) is 7.12. The van der Waals surface area contributed by atoms with Crippen LogP contribution in [0.3, 0.4) is 0 Å². The molecule has 8 nitrogen and oxygen atoms in total. The minimum Gasteiger partial charge on any atom is -0.497 e. The molecule has 0 radical (unpaired) electrons. The second-order valence-electron chi connectivity index (χ2n) is 5.72. The Kier molecular flexibility index (Phi) is 4.51. The SMILES string of the molecule is COc1ccc(NC(=S)N=Nc2c(O)[nH]c3cc4c(cc23)OCCO4)cc1. The lowest BCUT2D eigenvalue weighted by Crippen LogP contribution is -2.15. The van der Waals surface area contributed by atoms with Gasteiger partial charge in [-0.3, -0.25) is 0 Å². The monoisotopic (exact) mass is 384 g/mol. The molecular weight excluding hydrogens is 368 g/mol. The average molecular weight is 384 g/mol. The van der Waals surface area contributed by atoms with Crippen molar-refractivity contribution in [3.05, 3.63) is 36.4 Å². The molecule has 0 unspecified atom stereocenters. The minimum absolute atomic E-state index is 0.108. The van der Waals surface area contributed by atoms with Crippen LogP contribution in [0.25, 0.3) is 10.9 Å². The van der Waals surface area contributed by atoms with Gasteiger partial charge in [-0.1, -0.05) is 0 Å². The van der Waals surface area contributed by atoms with E-state index < -0.39 is 0 Å². The molecular formula is C18H16N4O4S. The molecule has 1 aromatic heterocycles. The standard InChI is InChI=1S/C18H16N4O4S/c1-24-11-4-2-10(3-5-11)19-18(27)22-21-16-12-8-14-15(26-7-6-25-14)9-13(12)20-17(16)23/h2-5,8-9,20,23H,6-7H2,1H3,(H,19,27). The number of aromatic hydroxyl groups is 1. The fourth-order valence-electron chi connectivity index (χ4n) is 2.72. The number of fused-ring (bicyclic) bond motifs is 2. The first-order valence-electron chi connectivity index (χ1n) is 8.15. The van der Waals surface area contributed by atoms with E-state index in [1.165, 1.54) is 0 Å². The van der Waals surface area contributed by atoms with Gasteiger partial charge in [-0.25, -0.2) is 0 Å². The van der Waals surface area contributed by atoms with Crippen LogP contribution in [0.1, 0.15) is 0 Å². The summed E-state index contributed by atoms with van der Waals surface area (Å²) in [6.07, 6.45) is 0. The van der Waals surface area contributed by atoms with E-state index in [2.05, 4.69) is 20.5 Å². The van der Waals surface area contributed by atoms with Crippen molar-refractivity contribution >= 4 is 39.6 Å². The van der Waals surface area contributed by atoms with Crippen molar-refractivity contribution in [3.8, 4) is 23.1 Å². The number of benzene rings is 2. The number of nitrogens with zero attached hydrogens (tertiary/aromatic N) is 2. The first kappa shape index (κ1) is 17.1. The molecule has 0 fully saturated rings. The molecule has 0 amide bonds. The van der Waals surface area contributed by atoms with E-state index in [0.717, 1.165) is 11.4 Å². The van der Waals surface area contributed by atoms with Crippen LogP contribution in [0, 0.1) is 0 Å². The third-order valence-corrected chi connectivity index (χ3v) is 4.18. The molecule has 0 spiro atoms. The number of H-pyrrole nitrogens is 1. The first-order chi connectivity index (χ1) is 13.1. The smallest absolute Gasteiger partial charge is 0.218 e. The maximum Gasteiger partial charge on any atom is 0.218 e. The summed E-state index contributed by atoms with van der Waals surface area (Å²) < 4.78 is 16.2. The molecule has 3 N–H and O–H groups in total. The summed E-state index contributed by atoms with van der Waals surface area (Å²) in [6.45, 7) is 0.963. The van der Waals surface area contributed by atoms with Crippen molar-refractivity contribution in [1.29, 1.82) is 0 Å². The number of rotatable bonds is 3. The minimum atomic E-state index is -0.108. The van der Waals surface area contributed by atoms with Gasteiger partial charge in [0.15, 0.2) is 17.2 Å². The van der Waals surface area contributed by atoms with E-state index in [4.69, 9.17) is 26.4 Å². The van der Waals surface area contributed by atoms with Crippen molar-refractivity contribution in [2.24, 2.45) is 10.2 Å². The maximum atomic E-state index is 10.2. The van der Waals surface area contributed by atoms with Crippen LogP contribution in [-0.4, -0.2) is 35.5 Å². The Hall–Kier alpha value is -3.33. The molecule has 1 aliphatic rings. The molecule has 2 aromatic carbocycles. The number of anilines is 1. The highest BCUT2D eigenvalue weighted by molar-refractivity contribution is 7.80. The lowest BCUT2D eigenvalue weighted by molar-refractivity contribution is 0.172. The van der Waals surface area contributed by atoms with Gasteiger partial charge in [0, 0.05) is 17.1 Å². The second-order valence-corrected chi connectivity index (χ2v) is 6.11. The van der Waals surface area contributed by atoms with Gasteiger partial charge in [-0.2, -0.15) is 0 Å². The van der Waals surface area contributed by atoms with Crippen LogP contribution in [-0.2, 0) is 0 Å². The summed E-state index contributed by atoms with van der Waals surface area (Å²) in [6, 6.07) is 10.8. The van der Waals surface area contributed by atoms with Gasteiger partial charge >= 0.3 is 0 Å². The van der Waals surface area contributed by atoms with Crippen LogP contribution < -0.4 is 19.5 Å². The van der Waals surface area contributed by atoms with E-state index in [-0.39, 0.29) is 16.7 Å². The normalized spacial score (nSPS) is 13.1. The molecule has 3 aromatic rings. The molecule has 0 bridgehead atoms. The van der Waals surface area contributed by atoms with Crippen LogP contribution >= 0.6 is 12.2 Å². The predicted molar refractivity (Wildman–Crippen MR) is 105 cm³/mol. The van der Waals surface area contributed by atoms with Crippen molar-refractivity contribution < 1.29 is 19.3 Å². The summed E-state index contributed by atoms with van der Waals surface area (Å²) in [4.78, 5) is 2.85. The number of methoxy groups -OCH3 is 1. The van der Waals surface area contributed by atoms with Crippen LogP contribution in [0.15, 0.2) is 46.6 Å². The van der Waals surface area contributed by atoms with Crippen LogP contribution in [0.4, 0.5) is 11.4 Å². The number of ether oxygens (including phenoxy) is 3. The zero-order valence-corrected chi connectivity index (χ0v) is 15.2. The Morgan fingerprint density at radius 3 is 2.59 bits per heavy atom. The van der Waals surface area contributed by atoms with Gasteiger partial charge in [0.25, 0.3) is 0 Å². The Morgan fingerprint density at radius 1 is 1.19 bits per heavy atom. The highest BCUT2D eigenvalue weighted by Gasteiger charge is 2.18. The van der Waals surface area contributed by atoms with E-state index in [0.29, 0.717) is 35.6 Å². The van der Waals surface area contributed by atoms with E-state index >= 15 is 0 Å². The molecule has 0 saturated heterocycles. The zero-order valence-electron chi connectivity index (χ0n) is 14.4. The van der Waals surface area contributed by atoms with E-state index in [1.807, 2.05) is 12.1 Å². The fraction of sp³-hybridized carbons (Fsp3) is 0.167. The highest BCUT2D eigenvalue weighted by Crippen LogP contribution is 2.42. The summed E-state index contributed by atoms with van der Waals surface area (Å²) in [5, 5.41) is 22.0. The van der Waals surface area contributed by atoms with Crippen LogP contribution in [0.2, 0.25) is 0 Å². The van der Waals surface area contributed by atoms with Crippen LogP contribution in [0.5, 0.6) is 23.1 Å². The average Bonchev–Trinajstić information content (AvgIpc) is 2.99. The van der Waals surface area contributed by atoms with Crippen molar-refractivity contribution in [2.75, 3.05) is 25.6 Å². The summed E-state index contributed by atoms with van der Waals surface area (Å²) >= 11 is 5.19. The van der Waals surface area contributed by atoms with Crippen molar-refractivity contribution in [3.63, 3.8) is 0 Å². The number of hydrogen-bond acceptors (Lipinski definition) is 6. The third kappa shape index (κ3) is 3.49. The number of aromatic amines is 1. The highest BCUT2D eigenvalue weighted by atomic mass is 32.1. The molecule has 0 atom stereocenters. The molecule has 138 valence electrons. The molecule has 9 heteroatoms. The topological polar surface area (TPSA) is 100 Å². The van der Waals surface area contributed by atoms with Gasteiger partial charge in [0.05, 0.1) is 12.6 Å². The number of azo groups is 1. The van der Waals surface area contributed by atoms with E-state index in [1.54, 1.807) is 31.4 Å². The summed E-state index contributed by atoms with van der Waals surface area (Å²) in [7, 11) is 1.60. The Labute approximate surface area is 159 Å². The largest absolute Gasteiger partial charge is 0.497 e. The predicted octanol–water partition coefficient (Wildman–Crippen LogP) is 4.13. The maximum absolute atomic E-state index is 10.2. The summed E-state index contributed by atoms with van der Waals surface area (Å²) in [5.74, 6) is 1.85. The van der Waals surface area contributed by atoms with Gasteiger partial charge < -0.3 is 29.6 Å². The number of hydrogen-bond donors (Lipinski definition) is 3. The van der Waals surface area contributed by atoms with Gasteiger partial charge in [-0.05, 0) is 42.5 Å². The van der Waals surface area contributed by atoms with E-state index in [9.17, 15) is 5.11 Å². The molecule has 2 heterocycles. The zero-order chi connectivity index (χ0) is 18.8. The van der Waals surface area contributed by atoms with Crippen molar-refractivity contribution in [1.82, 2.24) is 4.98 Å². The molecule has 0 aliphatic carbocycles. The third-order valence-electron chi connectivity index (χ3n) is 4.00. The number of thiocarbonyl (C=S) groups is 1. The Bertz CT molecular complexity index is 1030.